The largest absolute Gasteiger partial charge is 0.381 e. The molecule has 3 aliphatic rings. The lowest BCUT2D eigenvalue weighted by Gasteiger charge is -2.52. The van der Waals surface area contributed by atoms with Gasteiger partial charge in [-0.1, -0.05) is 35.7 Å². The molecule has 0 aromatic heterocycles. The summed E-state index contributed by atoms with van der Waals surface area (Å²) in [7, 11) is 1.99. The molecule has 1 aromatic carbocycles. The van der Waals surface area contributed by atoms with Crippen LogP contribution in [0.1, 0.15) is 44.1 Å². The molecule has 4 nitrogen and oxygen atoms in total. The third-order valence-electron chi connectivity index (χ3n) is 7.06. The summed E-state index contributed by atoms with van der Waals surface area (Å²) in [6, 6.07) is 6.13. The molecule has 0 bridgehead atoms. The molecule has 3 atom stereocenters. The first-order valence-electron chi connectivity index (χ1n) is 10.5. The van der Waals surface area contributed by atoms with Crippen molar-refractivity contribution in [3.63, 3.8) is 0 Å². The summed E-state index contributed by atoms with van der Waals surface area (Å²) < 4.78 is 5.88. The second kappa shape index (κ2) is 8.51. The molecular weight excluding hydrogens is 395 g/mol. The zero-order valence-electron chi connectivity index (χ0n) is 16.6. The maximum Gasteiger partial charge on any atom is 0.227 e. The molecule has 1 spiro atoms. The average molecular weight is 425 g/mol. The molecule has 2 saturated heterocycles. The molecule has 154 valence electrons. The van der Waals surface area contributed by atoms with E-state index in [0.29, 0.717) is 22.5 Å². The number of likely N-dealkylation sites (tertiary alicyclic amines) is 1. The van der Waals surface area contributed by atoms with Crippen LogP contribution in [0.3, 0.4) is 0 Å². The molecule has 4 rings (SSSR count). The molecular formula is C22H30Cl2N2O2. The summed E-state index contributed by atoms with van der Waals surface area (Å²) in [4.78, 5) is 17.8. The van der Waals surface area contributed by atoms with Crippen LogP contribution < -0.4 is 0 Å². The summed E-state index contributed by atoms with van der Waals surface area (Å²) in [5, 5.41) is 1.03. The van der Waals surface area contributed by atoms with E-state index >= 15 is 0 Å². The van der Waals surface area contributed by atoms with Gasteiger partial charge in [-0.25, -0.2) is 0 Å². The highest BCUT2D eigenvalue weighted by Crippen LogP contribution is 2.47. The summed E-state index contributed by atoms with van der Waals surface area (Å²) in [5.41, 5.74) is 1.13. The standard InChI is InChI=1S/C22H30Cl2N2O2/c1-25(20(27)14-16-6-7-17(23)18(24)13-16)19-5-4-8-22(9-12-28-15-22)21(19)26-10-2-3-11-26/h6-7,13,19,21H,2-5,8-12,14-15H2,1H3. The molecule has 1 aromatic rings. The minimum absolute atomic E-state index is 0.156. The molecule has 6 heteroatoms. The molecule has 3 unspecified atom stereocenters. The summed E-state index contributed by atoms with van der Waals surface area (Å²) >= 11 is 12.2. The van der Waals surface area contributed by atoms with Crippen molar-refractivity contribution >= 4 is 29.1 Å². The monoisotopic (exact) mass is 424 g/mol. The summed E-state index contributed by atoms with van der Waals surface area (Å²) in [6.45, 7) is 4.01. The van der Waals surface area contributed by atoms with Crippen LogP contribution in [0.25, 0.3) is 0 Å². The molecule has 2 aliphatic heterocycles. The quantitative estimate of drug-likeness (QED) is 0.716. The first kappa shape index (κ1) is 20.5. The Balaban J connectivity index is 1.54. The van der Waals surface area contributed by atoms with E-state index in [1.54, 1.807) is 12.1 Å². The zero-order chi connectivity index (χ0) is 19.7. The van der Waals surface area contributed by atoms with Crippen LogP contribution >= 0.6 is 23.2 Å². The van der Waals surface area contributed by atoms with Gasteiger partial charge in [-0.3, -0.25) is 9.69 Å². The maximum absolute atomic E-state index is 13.2. The fourth-order valence-corrected chi connectivity index (χ4v) is 5.94. The lowest BCUT2D eigenvalue weighted by atomic mass is 9.66. The highest BCUT2D eigenvalue weighted by Gasteiger charge is 2.52. The highest BCUT2D eigenvalue weighted by molar-refractivity contribution is 6.42. The lowest BCUT2D eigenvalue weighted by Crippen LogP contribution is -2.61. The minimum atomic E-state index is 0.156. The number of rotatable bonds is 4. The van der Waals surface area contributed by atoms with Gasteiger partial charge in [-0.15, -0.1) is 0 Å². The summed E-state index contributed by atoms with van der Waals surface area (Å²) in [5.74, 6) is 0.156. The van der Waals surface area contributed by atoms with Crippen LogP contribution in [0.15, 0.2) is 18.2 Å². The Labute approximate surface area is 178 Å². The number of nitrogens with zero attached hydrogens (tertiary/aromatic N) is 2. The number of amides is 1. The topological polar surface area (TPSA) is 32.8 Å². The number of likely N-dealkylation sites (N-methyl/N-ethyl adjacent to an activating group) is 1. The van der Waals surface area contributed by atoms with Gasteiger partial charge in [-0.2, -0.15) is 0 Å². The normalized spacial score (nSPS) is 30.8. The number of hydrogen-bond donors (Lipinski definition) is 0. The Bertz CT molecular complexity index is 714. The van der Waals surface area contributed by atoms with E-state index in [4.69, 9.17) is 27.9 Å². The van der Waals surface area contributed by atoms with Gasteiger partial charge in [0, 0.05) is 31.2 Å². The molecule has 0 N–H and O–H groups in total. The van der Waals surface area contributed by atoms with E-state index in [1.807, 2.05) is 18.0 Å². The van der Waals surface area contributed by atoms with Crippen molar-refractivity contribution in [2.24, 2.45) is 5.41 Å². The number of hydrogen-bond acceptors (Lipinski definition) is 3. The molecule has 1 saturated carbocycles. The summed E-state index contributed by atoms with van der Waals surface area (Å²) in [6.07, 6.45) is 7.48. The van der Waals surface area contributed by atoms with Crippen molar-refractivity contribution in [1.29, 1.82) is 0 Å². The number of carbonyl (C=O) groups excluding carboxylic acids is 1. The van der Waals surface area contributed by atoms with Crippen molar-refractivity contribution in [2.75, 3.05) is 33.4 Å². The molecule has 28 heavy (non-hydrogen) atoms. The predicted octanol–water partition coefficient (Wildman–Crippen LogP) is 4.42. The van der Waals surface area contributed by atoms with Crippen molar-refractivity contribution in [3.05, 3.63) is 33.8 Å². The van der Waals surface area contributed by atoms with Crippen molar-refractivity contribution in [3.8, 4) is 0 Å². The van der Waals surface area contributed by atoms with E-state index in [2.05, 4.69) is 4.90 Å². The smallest absolute Gasteiger partial charge is 0.227 e. The van der Waals surface area contributed by atoms with E-state index in [-0.39, 0.29) is 17.4 Å². The van der Waals surface area contributed by atoms with Gasteiger partial charge in [0.25, 0.3) is 0 Å². The molecule has 1 aliphatic carbocycles. The average Bonchev–Trinajstić information content (AvgIpc) is 3.37. The fraction of sp³-hybridized carbons (Fsp3) is 0.682. The fourth-order valence-electron chi connectivity index (χ4n) is 5.62. The maximum atomic E-state index is 13.2. The van der Waals surface area contributed by atoms with Crippen molar-refractivity contribution < 1.29 is 9.53 Å². The van der Waals surface area contributed by atoms with Crippen LogP contribution in [0.2, 0.25) is 10.0 Å². The second-order valence-corrected chi connectivity index (χ2v) is 9.56. The van der Waals surface area contributed by atoms with Gasteiger partial charge in [-0.05, 0) is 62.9 Å². The van der Waals surface area contributed by atoms with Gasteiger partial charge in [0.1, 0.15) is 0 Å². The first-order chi connectivity index (χ1) is 13.5. The van der Waals surface area contributed by atoms with Crippen molar-refractivity contribution in [2.45, 2.75) is 57.0 Å². The Kier molecular flexibility index (Phi) is 6.22. The van der Waals surface area contributed by atoms with Gasteiger partial charge >= 0.3 is 0 Å². The molecule has 3 fully saturated rings. The van der Waals surface area contributed by atoms with E-state index in [0.717, 1.165) is 44.7 Å². The Morgan fingerprint density at radius 3 is 2.68 bits per heavy atom. The van der Waals surface area contributed by atoms with Gasteiger partial charge in [0.15, 0.2) is 0 Å². The zero-order valence-corrected chi connectivity index (χ0v) is 18.1. The lowest BCUT2D eigenvalue weighted by molar-refractivity contribution is -0.136. The molecule has 2 heterocycles. The number of halogens is 2. The van der Waals surface area contributed by atoms with Crippen LogP contribution in [-0.2, 0) is 16.0 Å². The van der Waals surface area contributed by atoms with Gasteiger partial charge < -0.3 is 9.64 Å². The van der Waals surface area contributed by atoms with E-state index in [1.165, 1.54) is 25.7 Å². The number of benzene rings is 1. The van der Waals surface area contributed by atoms with Gasteiger partial charge in [0.2, 0.25) is 5.91 Å². The minimum Gasteiger partial charge on any atom is -0.381 e. The van der Waals surface area contributed by atoms with Crippen LogP contribution in [0, 0.1) is 5.41 Å². The van der Waals surface area contributed by atoms with E-state index in [9.17, 15) is 4.79 Å². The van der Waals surface area contributed by atoms with Crippen LogP contribution in [0.4, 0.5) is 0 Å². The van der Waals surface area contributed by atoms with Crippen LogP contribution in [0.5, 0.6) is 0 Å². The van der Waals surface area contributed by atoms with E-state index < -0.39 is 0 Å². The number of carbonyl (C=O) groups is 1. The van der Waals surface area contributed by atoms with Crippen LogP contribution in [-0.4, -0.2) is 61.1 Å². The third-order valence-corrected chi connectivity index (χ3v) is 7.80. The molecule has 0 radical (unpaired) electrons. The highest BCUT2D eigenvalue weighted by atomic mass is 35.5. The third kappa shape index (κ3) is 3.94. The Morgan fingerprint density at radius 2 is 2.00 bits per heavy atom. The Hall–Kier alpha value is -0.810. The van der Waals surface area contributed by atoms with Crippen molar-refractivity contribution in [1.82, 2.24) is 9.80 Å². The second-order valence-electron chi connectivity index (χ2n) is 8.74. The molecule has 1 amide bonds. The predicted molar refractivity (Wildman–Crippen MR) is 113 cm³/mol. The first-order valence-corrected chi connectivity index (χ1v) is 11.3. The number of ether oxygens (including phenoxy) is 1. The van der Waals surface area contributed by atoms with Gasteiger partial charge in [0.05, 0.1) is 23.1 Å². The Morgan fingerprint density at radius 1 is 1.21 bits per heavy atom. The SMILES string of the molecule is CN(C(=O)Cc1ccc(Cl)c(Cl)c1)C1CCCC2(CCOC2)C1N1CCCC1.